The van der Waals surface area contributed by atoms with Gasteiger partial charge >= 0.3 is 12.1 Å². The van der Waals surface area contributed by atoms with E-state index < -0.39 is 17.7 Å². The molecule has 0 saturated heterocycles. The molecule has 3 aromatic rings. The number of carbonyl (C=O) groups is 1. The Labute approximate surface area is 200 Å². The fourth-order valence-electron chi connectivity index (χ4n) is 4.44. The standard InChI is InChI=1S/C26H24F3N3O3/c1-34-25(33)24-23(31)18(14-30)15-32(24)21-13-19(26(27,28)29)9-12-22(21)35-20-10-7-17(8-11-20)16-5-3-2-4-6-16/h7-13,15-16H,2-6,31H2,1H3. The van der Waals surface area contributed by atoms with E-state index >= 15 is 0 Å². The largest absolute Gasteiger partial charge is 0.464 e. The minimum atomic E-state index is -4.64. The molecule has 35 heavy (non-hydrogen) atoms. The van der Waals surface area contributed by atoms with E-state index in [2.05, 4.69) is 0 Å². The van der Waals surface area contributed by atoms with Gasteiger partial charge in [-0.05, 0) is 54.7 Å². The van der Waals surface area contributed by atoms with Crippen LogP contribution in [0.1, 0.15) is 65.2 Å². The van der Waals surface area contributed by atoms with Crippen LogP contribution in [0.5, 0.6) is 11.5 Å². The van der Waals surface area contributed by atoms with Gasteiger partial charge in [0, 0.05) is 6.20 Å². The number of benzene rings is 2. The molecular formula is C26H24F3N3O3. The van der Waals surface area contributed by atoms with Crippen molar-refractivity contribution in [3.63, 3.8) is 0 Å². The number of nitrogens with zero attached hydrogens (tertiary/aromatic N) is 2. The van der Waals surface area contributed by atoms with Crippen LogP contribution in [-0.4, -0.2) is 17.6 Å². The molecule has 182 valence electrons. The third-order valence-corrected chi connectivity index (χ3v) is 6.27. The van der Waals surface area contributed by atoms with Crippen molar-refractivity contribution in [2.45, 2.75) is 44.2 Å². The van der Waals surface area contributed by atoms with Crippen LogP contribution in [0.2, 0.25) is 0 Å². The number of nitrogens with two attached hydrogens (primary N) is 1. The smallest absolute Gasteiger partial charge is 0.416 e. The van der Waals surface area contributed by atoms with Crippen molar-refractivity contribution in [2.24, 2.45) is 0 Å². The van der Waals surface area contributed by atoms with Gasteiger partial charge in [0.1, 0.15) is 11.8 Å². The van der Waals surface area contributed by atoms with E-state index in [1.165, 1.54) is 37.1 Å². The van der Waals surface area contributed by atoms with Crippen molar-refractivity contribution < 1.29 is 27.4 Å². The average molecular weight is 483 g/mol. The molecule has 0 spiro atoms. The highest BCUT2D eigenvalue weighted by molar-refractivity contribution is 5.96. The number of alkyl halides is 3. The van der Waals surface area contributed by atoms with Crippen LogP contribution in [0.25, 0.3) is 5.69 Å². The Balaban J connectivity index is 1.77. The Morgan fingerprint density at radius 1 is 1.11 bits per heavy atom. The summed E-state index contributed by atoms with van der Waals surface area (Å²) >= 11 is 0. The molecule has 1 heterocycles. The van der Waals surface area contributed by atoms with Gasteiger partial charge in [0.05, 0.1) is 29.6 Å². The highest BCUT2D eigenvalue weighted by Gasteiger charge is 2.32. The van der Waals surface area contributed by atoms with E-state index in [1.807, 2.05) is 18.2 Å². The lowest BCUT2D eigenvalue weighted by Crippen LogP contribution is -2.13. The molecule has 0 radical (unpaired) electrons. The molecule has 2 aromatic carbocycles. The molecular weight excluding hydrogens is 459 g/mol. The lowest BCUT2D eigenvalue weighted by Gasteiger charge is -2.22. The first kappa shape index (κ1) is 24.2. The van der Waals surface area contributed by atoms with E-state index in [4.69, 9.17) is 15.2 Å². The van der Waals surface area contributed by atoms with Crippen LogP contribution in [0.15, 0.2) is 48.7 Å². The van der Waals surface area contributed by atoms with Crippen LogP contribution in [-0.2, 0) is 10.9 Å². The Kier molecular flexibility index (Phi) is 6.74. The zero-order chi connectivity index (χ0) is 25.2. The van der Waals surface area contributed by atoms with E-state index in [1.54, 1.807) is 12.1 Å². The second-order valence-corrected chi connectivity index (χ2v) is 8.46. The summed E-state index contributed by atoms with van der Waals surface area (Å²) in [5, 5.41) is 9.37. The van der Waals surface area contributed by atoms with Gasteiger partial charge in [0.15, 0.2) is 11.4 Å². The lowest BCUT2D eigenvalue weighted by atomic mass is 9.84. The highest BCUT2D eigenvalue weighted by atomic mass is 19.4. The van der Waals surface area contributed by atoms with E-state index in [0.29, 0.717) is 11.7 Å². The first-order valence-electron chi connectivity index (χ1n) is 11.2. The molecule has 0 aliphatic heterocycles. The Morgan fingerprint density at radius 3 is 2.40 bits per heavy atom. The molecule has 1 aliphatic rings. The maximum absolute atomic E-state index is 13.5. The maximum atomic E-state index is 13.5. The first-order chi connectivity index (χ1) is 16.7. The summed E-state index contributed by atoms with van der Waals surface area (Å²) in [7, 11) is 1.11. The summed E-state index contributed by atoms with van der Waals surface area (Å²) in [5.74, 6) is 0.0670. The van der Waals surface area contributed by atoms with Gasteiger partial charge < -0.3 is 19.8 Å². The summed E-state index contributed by atoms with van der Waals surface area (Å²) in [6.07, 6.45) is 2.47. The Hall–Kier alpha value is -3.93. The molecule has 2 N–H and O–H groups in total. The van der Waals surface area contributed by atoms with Crippen LogP contribution in [0.4, 0.5) is 18.9 Å². The molecule has 1 saturated carbocycles. The summed E-state index contributed by atoms with van der Waals surface area (Å²) in [6, 6.07) is 12.2. The molecule has 0 atom stereocenters. The summed E-state index contributed by atoms with van der Waals surface area (Å²) in [6.45, 7) is 0. The fraction of sp³-hybridized carbons (Fsp3) is 0.308. The highest BCUT2D eigenvalue weighted by Crippen LogP contribution is 2.39. The number of hydrogen-bond donors (Lipinski definition) is 1. The Morgan fingerprint density at radius 2 is 1.80 bits per heavy atom. The van der Waals surface area contributed by atoms with Gasteiger partial charge in [-0.15, -0.1) is 0 Å². The number of methoxy groups -OCH3 is 1. The number of halogens is 3. The summed E-state index contributed by atoms with van der Waals surface area (Å²) in [5.41, 5.74) is 5.55. The zero-order valence-corrected chi connectivity index (χ0v) is 19.1. The van der Waals surface area contributed by atoms with Crippen LogP contribution in [0, 0.1) is 11.3 Å². The van der Waals surface area contributed by atoms with Crippen LogP contribution < -0.4 is 10.5 Å². The number of nitrogen functional groups attached to an aromatic ring is 1. The SMILES string of the molecule is COC(=O)c1c(N)c(C#N)cn1-c1cc(C(F)(F)F)ccc1Oc1ccc(C2CCCCC2)cc1. The van der Waals surface area contributed by atoms with Gasteiger partial charge in [-0.2, -0.15) is 18.4 Å². The predicted molar refractivity (Wildman–Crippen MR) is 124 cm³/mol. The summed E-state index contributed by atoms with van der Waals surface area (Å²) < 4.78 is 52.4. The van der Waals surface area contributed by atoms with Crippen LogP contribution in [0.3, 0.4) is 0 Å². The first-order valence-corrected chi connectivity index (χ1v) is 11.2. The van der Waals surface area contributed by atoms with Gasteiger partial charge in [-0.25, -0.2) is 4.79 Å². The fourth-order valence-corrected chi connectivity index (χ4v) is 4.44. The number of nitriles is 1. The van der Waals surface area contributed by atoms with Crippen molar-refractivity contribution in [1.29, 1.82) is 5.26 Å². The van der Waals surface area contributed by atoms with Crippen molar-refractivity contribution in [3.05, 3.63) is 71.0 Å². The van der Waals surface area contributed by atoms with Gasteiger partial charge in [0.2, 0.25) is 0 Å². The van der Waals surface area contributed by atoms with Gasteiger partial charge in [-0.1, -0.05) is 31.4 Å². The molecule has 0 unspecified atom stereocenters. The van der Waals surface area contributed by atoms with E-state index in [9.17, 15) is 23.2 Å². The molecule has 1 aromatic heterocycles. The molecule has 1 aliphatic carbocycles. The Bertz CT molecular complexity index is 1270. The van der Waals surface area contributed by atoms with Crippen molar-refractivity contribution in [1.82, 2.24) is 4.57 Å². The quantitative estimate of drug-likeness (QED) is 0.414. The second-order valence-electron chi connectivity index (χ2n) is 8.46. The number of ether oxygens (including phenoxy) is 2. The minimum absolute atomic E-state index is 0.0491. The molecule has 0 amide bonds. The van der Waals surface area contributed by atoms with Crippen molar-refractivity contribution in [2.75, 3.05) is 12.8 Å². The number of esters is 1. The third kappa shape index (κ3) is 4.97. The predicted octanol–water partition coefficient (Wildman–Crippen LogP) is 6.58. The third-order valence-electron chi connectivity index (χ3n) is 6.27. The number of rotatable bonds is 5. The monoisotopic (exact) mass is 483 g/mol. The number of aromatic nitrogens is 1. The lowest BCUT2D eigenvalue weighted by molar-refractivity contribution is -0.137. The normalized spacial score (nSPS) is 14.4. The molecule has 9 heteroatoms. The average Bonchev–Trinajstić information content (AvgIpc) is 3.20. The zero-order valence-electron chi connectivity index (χ0n) is 19.1. The minimum Gasteiger partial charge on any atom is -0.464 e. The van der Waals surface area contributed by atoms with Crippen molar-refractivity contribution in [3.8, 4) is 23.3 Å². The maximum Gasteiger partial charge on any atom is 0.416 e. The molecule has 4 rings (SSSR count). The summed E-state index contributed by atoms with van der Waals surface area (Å²) in [4.78, 5) is 12.4. The van der Waals surface area contributed by atoms with E-state index in [-0.39, 0.29) is 28.4 Å². The van der Waals surface area contributed by atoms with Gasteiger partial charge in [-0.3, -0.25) is 0 Å². The number of anilines is 1. The topological polar surface area (TPSA) is 90.3 Å². The van der Waals surface area contributed by atoms with Gasteiger partial charge in [0.25, 0.3) is 0 Å². The number of carbonyl (C=O) groups excluding carboxylic acids is 1. The van der Waals surface area contributed by atoms with E-state index in [0.717, 1.165) is 36.7 Å². The van der Waals surface area contributed by atoms with Crippen molar-refractivity contribution >= 4 is 11.7 Å². The second kappa shape index (κ2) is 9.74. The number of hydrogen-bond acceptors (Lipinski definition) is 5. The molecule has 1 fully saturated rings. The molecule has 0 bridgehead atoms. The van der Waals surface area contributed by atoms with Crippen LogP contribution >= 0.6 is 0 Å². The molecule has 6 nitrogen and oxygen atoms in total.